The number of ether oxygens (including phenoxy) is 2. The van der Waals surface area contributed by atoms with Crippen molar-refractivity contribution in [2.24, 2.45) is 5.92 Å². The van der Waals surface area contributed by atoms with Crippen LogP contribution in [-0.4, -0.2) is 20.0 Å². The number of rotatable bonds is 4. The summed E-state index contributed by atoms with van der Waals surface area (Å²) in [4.78, 5) is 11.9. The number of hydrogen-bond acceptors (Lipinski definition) is 3. The normalized spacial score (nSPS) is 22.1. The number of hydrogen-bond donors (Lipinski definition) is 0. The molecule has 108 valence electrons. The lowest BCUT2D eigenvalue weighted by Crippen LogP contribution is -2.23. The van der Waals surface area contributed by atoms with Crippen molar-refractivity contribution in [3.8, 4) is 11.5 Å². The fourth-order valence-corrected chi connectivity index (χ4v) is 2.93. The lowest BCUT2D eigenvalue weighted by atomic mass is 9.75. The van der Waals surface area contributed by atoms with E-state index in [1.807, 2.05) is 18.2 Å². The minimum atomic E-state index is 0.0275. The molecule has 0 saturated heterocycles. The predicted molar refractivity (Wildman–Crippen MR) is 79.4 cm³/mol. The Morgan fingerprint density at radius 1 is 1.25 bits per heavy atom. The van der Waals surface area contributed by atoms with Gasteiger partial charge in [0.2, 0.25) is 0 Å². The molecule has 0 fully saturated rings. The van der Waals surface area contributed by atoms with E-state index in [1.54, 1.807) is 21.1 Å². The molecule has 0 radical (unpaired) electrons. The first kappa shape index (κ1) is 14.6. The first-order valence-electron chi connectivity index (χ1n) is 6.96. The maximum atomic E-state index is 11.9. The zero-order chi connectivity index (χ0) is 14.7. The predicted octanol–water partition coefficient (Wildman–Crippen LogP) is 3.73. The molecule has 0 N–H and O–H groups in total. The van der Waals surface area contributed by atoms with Gasteiger partial charge in [0.1, 0.15) is 17.3 Å². The molecular formula is C17H22O3. The highest BCUT2D eigenvalue weighted by molar-refractivity contribution is 5.80. The number of Topliss-reactive ketones (excluding diaryl/α,β-unsaturated/α-hetero) is 1. The van der Waals surface area contributed by atoms with E-state index in [-0.39, 0.29) is 17.6 Å². The van der Waals surface area contributed by atoms with Gasteiger partial charge in [-0.05, 0) is 44.9 Å². The fraction of sp³-hybridized carbons (Fsp3) is 0.471. The molecule has 0 unspecified atom stereocenters. The van der Waals surface area contributed by atoms with E-state index in [1.165, 1.54) is 5.57 Å². The Morgan fingerprint density at radius 2 is 2.00 bits per heavy atom. The quantitative estimate of drug-likeness (QED) is 0.785. The fourth-order valence-electron chi connectivity index (χ4n) is 2.93. The smallest absolute Gasteiger partial charge is 0.133 e. The molecule has 3 heteroatoms. The summed E-state index contributed by atoms with van der Waals surface area (Å²) in [5.41, 5.74) is 2.36. The Hall–Kier alpha value is -1.77. The minimum absolute atomic E-state index is 0.0275. The van der Waals surface area contributed by atoms with Crippen molar-refractivity contribution in [1.82, 2.24) is 0 Å². The standard InChI is InChI=1S/C17H22O3/c1-11-5-7-14(12(2)18)15(9-11)16-10-13(19-3)6-8-17(16)20-4/h6,8-10,14-15H,5,7H2,1-4H3/t14-,15+/m0/s1. The van der Waals surface area contributed by atoms with Crippen molar-refractivity contribution in [3.05, 3.63) is 35.4 Å². The van der Waals surface area contributed by atoms with Gasteiger partial charge < -0.3 is 9.47 Å². The van der Waals surface area contributed by atoms with Gasteiger partial charge in [-0.15, -0.1) is 0 Å². The number of carbonyl (C=O) groups excluding carboxylic acids is 1. The Kier molecular flexibility index (Phi) is 4.48. The molecule has 0 saturated carbocycles. The van der Waals surface area contributed by atoms with E-state index < -0.39 is 0 Å². The molecule has 1 aromatic rings. The van der Waals surface area contributed by atoms with Gasteiger partial charge in [-0.25, -0.2) is 0 Å². The number of methoxy groups -OCH3 is 2. The lowest BCUT2D eigenvalue weighted by molar-refractivity contribution is -0.121. The van der Waals surface area contributed by atoms with Crippen molar-refractivity contribution in [2.75, 3.05) is 14.2 Å². The average molecular weight is 274 g/mol. The summed E-state index contributed by atoms with van der Waals surface area (Å²) in [5.74, 6) is 1.95. The molecule has 0 aliphatic heterocycles. The van der Waals surface area contributed by atoms with Gasteiger partial charge in [-0.2, -0.15) is 0 Å². The lowest BCUT2D eigenvalue weighted by Gasteiger charge is -2.29. The Labute approximate surface area is 120 Å². The SMILES string of the molecule is COc1ccc(OC)c([C@@H]2C=C(C)CC[C@H]2C(C)=O)c1. The maximum absolute atomic E-state index is 11.9. The molecule has 3 nitrogen and oxygen atoms in total. The second-order valence-electron chi connectivity index (χ2n) is 5.40. The molecular weight excluding hydrogens is 252 g/mol. The second-order valence-corrected chi connectivity index (χ2v) is 5.40. The van der Waals surface area contributed by atoms with Crippen LogP contribution in [0.2, 0.25) is 0 Å². The van der Waals surface area contributed by atoms with Gasteiger partial charge in [-0.3, -0.25) is 4.79 Å². The number of benzene rings is 1. The number of allylic oxidation sites excluding steroid dienone is 2. The highest BCUT2D eigenvalue weighted by Gasteiger charge is 2.30. The number of ketones is 1. The molecule has 0 heterocycles. The molecule has 0 aromatic heterocycles. The van der Waals surface area contributed by atoms with Crippen molar-refractivity contribution in [2.45, 2.75) is 32.6 Å². The van der Waals surface area contributed by atoms with Crippen LogP contribution in [0, 0.1) is 5.92 Å². The molecule has 0 bridgehead atoms. The van der Waals surface area contributed by atoms with Gasteiger partial charge >= 0.3 is 0 Å². The summed E-state index contributed by atoms with van der Waals surface area (Å²) >= 11 is 0. The molecule has 1 aromatic carbocycles. The Balaban J connectivity index is 2.50. The summed E-state index contributed by atoms with van der Waals surface area (Å²) < 4.78 is 10.8. The molecule has 1 aliphatic rings. The van der Waals surface area contributed by atoms with Gasteiger partial charge in [-0.1, -0.05) is 11.6 Å². The van der Waals surface area contributed by atoms with E-state index in [9.17, 15) is 4.79 Å². The van der Waals surface area contributed by atoms with E-state index in [0.29, 0.717) is 0 Å². The van der Waals surface area contributed by atoms with Gasteiger partial charge in [0.15, 0.2) is 0 Å². The van der Waals surface area contributed by atoms with Crippen LogP contribution in [0.3, 0.4) is 0 Å². The Morgan fingerprint density at radius 3 is 2.60 bits per heavy atom. The van der Waals surface area contributed by atoms with Gasteiger partial charge in [0, 0.05) is 17.4 Å². The molecule has 0 spiro atoms. The Bertz CT molecular complexity index is 531. The van der Waals surface area contributed by atoms with Crippen LogP contribution in [0.5, 0.6) is 11.5 Å². The summed E-state index contributed by atoms with van der Waals surface area (Å²) in [7, 11) is 3.31. The molecule has 2 rings (SSSR count). The summed E-state index contributed by atoms with van der Waals surface area (Å²) in [5, 5.41) is 0. The van der Waals surface area contributed by atoms with Crippen molar-refractivity contribution in [1.29, 1.82) is 0 Å². The topological polar surface area (TPSA) is 35.5 Å². The van der Waals surface area contributed by atoms with Crippen LogP contribution in [0.15, 0.2) is 29.8 Å². The first-order valence-corrected chi connectivity index (χ1v) is 6.96. The third-order valence-electron chi connectivity index (χ3n) is 4.07. The van der Waals surface area contributed by atoms with E-state index in [0.717, 1.165) is 29.9 Å². The van der Waals surface area contributed by atoms with E-state index in [2.05, 4.69) is 13.0 Å². The van der Waals surface area contributed by atoms with Crippen LogP contribution in [0.25, 0.3) is 0 Å². The van der Waals surface area contributed by atoms with E-state index >= 15 is 0 Å². The van der Waals surface area contributed by atoms with Gasteiger partial charge in [0.25, 0.3) is 0 Å². The summed E-state index contributed by atoms with van der Waals surface area (Å²) in [6.07, 6.45) is 4.10. The molecule has 0 amide bonds. The summed E-state index contributed by atoms with van der Waals surface area (Å²) in [6.45, 7) is 3.80. The van der Waals surface area contributed by atoms with Crippen LogP contribution >= 0.6 is 0 Å². The summed E-state index contributed by atoms with van der Waals surface area (Å²) in [6, 6.07) is 5.77. The number of carbonyl (C=O) groups is 1. The van der Waals surface area contributed by atoms with Crippen molar-refractivity contribution >= 4 is 5.78 Å². The van der Waals surface area contributed by atoms with Gasteiger partial charge in [0.05, 0.1) is 14.2 Å². The monoisotopic (exact) mass is 274 g/mol. The average Bonchev–Trinajstić information content (AvgIpc) is 2.46. The van der Waals surface area contributed by atoms with Crippen LogP contribution in [-0.2, 0) is 4.79 Å². The minimum Gasteiger partial charge on any atom is -0.497 e. The molecule has 2 atom stereocenters. The molecule has 20 heavy (non-hydrogen) atoms. The van der Waals surface area contributed by atoms with Crippen molar-refractivity contribution < 1.29 is 14.3 Å². The second kappa shape index (κ2) is 6.12. The highest BCUT2D eigenvalue weighted by atomic mass is 16.5. The third-order valence-corrected chi connectivity index (χ3v) is 4.07. The van der Waals surface area contributed by atoms with E-state index in [4.69, 9.17) is 9.47 Å². The zero-order valence-corrected chi connectivity index (χ0v) is 12.6. The van der Waals surface area contributed by atoms with Crippen LogP contribution in [0.4, 0.5) is 0 Å². The largest absolute Gasteiger partial charge is 0.497 e. The highest BCUT2D eigenvalue weighted by Crippen LogP contribution is 2.41. The van der Waals surface area contributed by atoms with Crippen molar-refractivity contribution in [3.63, 3.8) is 0 Å². The maximum Gasteiger partial charge on any atom is 0.133 e. The zero-order valence-electron chi connectivity index (χ0n) is 12.6. The van der Waals surface area contributed by atoms with Crippen LogP contribution in [0.1, 0.15) is 38.2 Å². The first-order chi connectivity index (χ1) is 9.56. The van der Waals surface area contributed by atoms with Crippen LogP contribution < -0.4 is 9.47 Å². The third kappa shape index (κ3) is 2.87. The molecule has 1 aliphatic carbocycles.